The van der Waals surface area contributed by atoms with E-state index in [0.717, 1.165) is 12.8 Å². The summed E-state index contributed by atoms with van der Waals surface area (Å²) in [5.41, 5.74) is -0.829. The zero-order valence-corrected chi connectivity index (χ0v) is 17.3. The number of rotatable bonds is 7. The molecule has 31 heavy (non-hydrogen) atoms. The van der Waals surface area contributed by atoms with Crippen molar-refractivity contribution in [1.82, 2.24) is 5.32 Å². The van der Waals surface area contributed by atoms with E-state index in [9.17, 15) is 14.9 Å². The highest BCUT2D eigenvalue weighted by molar-refractivity contribution is 5.81. The predicted molar refractivity (Wildman–Crippen MR) is 114 cm³/mol. The fraction of sp³-hybridized carbons (Fsp3) is 0.292. The summed E-state index contributed by atoms with van der Waals surface area (Å²) in [6.45, 7) is 3.14. The zero-order valence-electron chi connectivity index (χ0n) is 17.3. The molecule has 1 atom stereocenters. The number of fused-ring (bicyclic) bond motifs is 1. The van der Waals surface area contributed by atoms with Crippen LogP contribution in [0.3, 0.4) is 0 Å². The molecule has 0 spiro atoms. The lowest BCUT2D eigenvalue weighted by Gasteiger charge is -2.22. The Morgan fingerprint density at radius 3 is 2.65 bits per heavy atom. The zero-order chi connectivity index (χ0) is 22.0. The minimum absolute atomic E-state index is 0.127. The lowest BCUT2D eigenvalue weighted by atomic mass is 9.98. The van der Waals surface area contributed by atoms with Gasteiger partial charge in [-0.25, -0.2) is 0 Å². The number of hydrogen-bond acceptors (Lipinski definition) is 6. The number of nitrogens with zero attached hydrogens (tertiary/aromatic N) is 1. The van der Waals surface area contributed by atoms with Crippen LogP contribution in [0.5, 0.6) is 17.2 Å². The first kappa shape index (κ1) is 20.5. The van der Waals surface area contributed by atoms with Crippen LogP contribution in [0.25, 0.3) is 11.0 Å². The number of amides is 1. The number of aryl methyl sites for hydroxylation is 1. The molecule has 2 aromatic carbocycles. The first-order valence-electron chi connectivity index (χ1n) is 10.0. The number of para-hydroxylation sites is 1. The first-order valence-corrected chi connectivity index (χ1v) is 10.0. The molecule has 0 aliphatic heterocycles. The molecule has 0 unspecified atom stereocenters. The highest BCUT2D eigenvalue weighted by Crippen LogP contribution is 2.39. The van der Waals surface area contributed by atoms with E-state index in [1.54, 1.807) is 44.2 Å². The molecule has 7 heteroatoms. The lowest BCUT2D eigenvalue weighted by Crippen LogP contribution is -2.48. The fourth-order valence-electron chi connectivity index (χ4n) is 3.44. The minimum atomic E-state index is -0.872. The molecule has 1 fully saturated rings. The number of benzene rings is 2. The summed E-state index contributed by atoms with van der Waals surface area (Å²) >= 11 is 0. The Bertz CT molecular complexity index is 1220. The Labute approximate surface area is 179 Å². The van der Waals surface area contributed by atoms with E-state index in [1.807, 2.05) is 18.2 Å². The molecule has 0 bridgehead atoms. The topological polar surface area (TPSA) is 102 Å². The quantitative estimate of drug-likeness (QED) is 0.620. The number of carbonyl (C=O) groups is 1. The van der Waals surface area contributed by atoms with Crippen LogP contribution in [0.15, 0.2) is 57.7 Å². The van der Waals surface area contributed by atoms with Crippen molar-refractivity contribution in [2.75, 3.05) is 6.61 Å². The van der Waals surface area contributed by atoms with Crippen molar-refractivity contribution in [2.45, 2.75) is 32.2 Å². The smallest absolute Gasteiger partial charge is 0.259 e. The molecule has 0 saturated heterocycles. The molecule has 1 aliphatic carbocycles. The van der Waals surface area contributed by atoms with Gasteiger partial charge in [-0.2, -0.15) is 5.26 Å². The van der Waals surface area contributed by atoms with Crippen LogP contribution in [0, 0.1) is 24.2 Å². The molecular weight excluding hydrogens is 396 g/mol. The Hall–Kier alpha value is -3.79. The molecular formula is C24H22N2O5. The number of carbonyl (C=O) groups excluding carboxylic acids is 1. The largest absolute Gasteiger partial charge is 0.484 e. The van der Waals surface area contributed by atoms with Gasteiger partial charge in [0.15, 0.2) is 6.61 Å². The molecule has 1 aromatic heterocycles. The van der Waals surface area contributed by atoms with Gasteiger partial charge in [0.1, 0.15) is 28.4 Å². The van der Waals surface area contributed by atoms with Gasteiger partial charge in [-0.15, -0.1) is 0 Å². The van der Waals surface area contributed by atoms with Gasteiger partial charge in [-0.3, -0.25) is 9.59 Å². The van der Waals surface area contributed by atoms with Gasteiger partial charge in [-0.1, -0.05) is 18.2 Å². The van der Waals surface area contributed by atoms with Gasteiger partial charge in [0.05, 0.1) is 11.5 Å². The highest BCUT2D eigenvalue weighted by Gasteiger charge is 2.43. The second-order valence-electron chi connectivity index (χ2n) is 7.81. The summed E-state index contributed by atoms with van der Waals surface area (Å²) in [6.07, 6.45) is 1.87. The summed E-state index contributed by atoms with van der Waals surface area (Å²) in [7, 11) is 0. The Morgan fingerprint density at radius 1 is 1.23 bits per heavy atom. The van der Waals surface area contributed by atoms with Crippen LogP contribution in [-0.4, -0.2) is 18.1 Å². The maximum atomic E-state index is 12.9. The van der Waals surface area contributed by atoms with Crippen molar-refractivity contribution in [2.24, 2.45) is 5.92 Å². The molecule has 0 radical (unpaired) electrons. The van der Waals surface area contributed by atoms with Gasteiger partial charge >= 0.3 is 0 Å². The minimum Gasteiger partial charge on any atom is -0.484 e. The van der Waals surface area contributed by atoms with Crippen LogP contribution in [0.4, 0.5) is 0 Å². The highest BCUT2D eigenvalue weighted by atomic mass is 16.5. The van der Waals surface area contributed by atoms with Crippen molar-refractivity contribution in [1.29, 1.82) is 5.26 Å². The fourth-order valence-corrected chi connectivity index (χ4v) is 3.44. The molecule has 1 saturated carbocycles. The van der Waals surface area contributed by atoms with Crippen LogP contribution in [-0.2, 0) is 4.79 Å². The van der Waals surface area contributed by atoms with Crippen LogP contribution in [0.2, 0.25) is 0 Å². The predicted octanol–water partition coefficient (Wildman–Crippen LogP) is 4.08. The molecule has 4 rings (SSSR count). The van der Waals surface area contributed by atoms with Crippen molar-refractivity contribution < 1.29 is 18.7 Å². The number of hydrogen-bond donors (Lipinski definition) is 1. The van der Waals surface area contributed by atoms with E-state index < -0.39 is 5.54 Å². The Balaban J connectivity index is 1.49. The number of nitrogens with one attached hydrogen (secondary N) is 1. The van der Waals surface area contributed by atoms with E-state index in [-0.39, 0.29) is 29.6 Å². The van der Waals surface area contributed by atoms with E-state index in [2.05, 4.69) is 11.4 Å². The van der Waals surface area contributed by atoms with Crippen molar-refractivity contribution in [3.63, 3.8) is 0 Å². The summed E-state index contributed by atoms with van der Waals surface area (Å²) in [4.78, 5) is 25.1. The average molecular weight is 418 g/mol. The van der Waals surface area contributed by atoms with Crippen LogP contribution < -0.4 is 20.2 Å². The molecule has 158 valence electrons. The van der Waals surface area contributed by atoms with Gasteiger partial charge < -0.3 is 19.2 Å². The maximum absolute atomic E-state index is 12.9. The number of nitriles is 1. The third kappa shape index (κ3) is 4.38. The average Bonchev–Trinajstić information content (AvgIpc) is 3.62. The third-order valence-electron chi connectivity index (χ3n) is 5.34. The van der Waals surface area contributed by atoms with E-state index >= 15 is 0 Å². The molecule has 1 heterocycles. The molecule has 3 aromatic rings. The van der Waals surface area contributed by atoms with Crippen molar-refractivity contribution >= 4 is 16.9 Å². The van der Waals surface area contributed by atoms with Crippen LogP contribution >= 0.6 is 0 Å². The Morgan fingerprint density at radius 2 is 1.97 bits per heavy atom. The first-order chi connectivity index (χ1) is 14.9. The SMILES string of the molecule is Cc1oc2cc(OCC(=O)N[C@@](C)(C#N)C3CC3)ccc2c(=O)c1Oc1ccccc1. The lowest BCUT2D eigenvalue weighted by molar-refractivity contribution is -0.124. The molecule has 7 nitrogen and oxygen atoms in total. The summed E-state index contributed by atoms with van der Waals surface area (Å²) in [5.74, 6) is 1.20. The maximum Gasteiger partial charge on any atom is 0.259 e. The number of ether oxygens (including phenoxy) is 2. The normalized spacial score (nSPS) is 15.0. The standard InChI is InChI=1S/C24H22N2O5/c1-15-23(31-17-6-4-3-5-7-17)22(28)19-11-10-18(12-20(19)30-15)29-13-21(27)26-24(2,14-25)16-8-9-16/h3-7,10-12,16H,8-9,13H2,1-2H3,(H,26,27)/t24-/m0/s1. The second kappa shape index (κ2) is 8.15. The molecule has 1 amide bonds. The van der Waals surface area contributed by atoms with E-state index in [0.29, 0.717) is 28.2 Å². The summed E-state index contributed by atoms with van der Waals surface area (Å²) in [5, 5.41) is 12.5. The molecule has 1 N–H and O–H groups in total. The van der Waals surface area contributed by atoms with Gasteiger partial charge in [0.25, 0.3) is 5.91 Å². The molecule has 1 aliphatic rings. The van der Waals surface area contributed by atoms with E-state index in [4.69, 9.17) is 13.9 Å². The van der Waals surface area contributed by atoms with Crippen molar-refractivity contribution in [3.05, 3.63) is 64.5 Å². The van der Waals surface area contributed by atoms with Gasteiger partial charge in [0, 0.05) is 6.07 Å². The summed E-state index contributed by atoms with van der Waals surface area (Å²) in [6, 6.07) is 15.9. The van der Waals surface area contributed by atoms with E-state index in [1.165, 1.54) is 0 Å². The third-order valence-corrected chi connectivity index (χ3v) is 5.34. The van der Waals surface area contributed by atoms with Gasteiger partial charge in [-0.05, 0) is 56.9 Å². The monoisotopic (exact) mass is 418 g/mol. The van der Waals surface area contributed by atoms with Crippen molar-refractivity contribution in [3.8, 4) is 23.3 Å². The van der Waals surface area contributed by atoms with Gasteiger partial charge in [0.2, 0.25) is 11.2 Å². The summed E-state index contributed by atoms with van der Waals surface area (Å²) < 4.78 is 17.1. The Kier molecular flexibility index (Phi) is 5.38. The second-order valence-corrected chi connectivity index (χ2v) is 7.81. The van der Waals surface area contributed by atoms with Crippen LogP contribution in [0.1, 0.15) is 25.5 Å².